The number of rotatable bonds is 6. The first-order valence-corrected chi connectivity index (χ1v) is 6.32. The summed E-state index contributed by atoms with van der Waals surface area (Å²) in [6.45, 7) is 10.1. The highest BCUT2D eigenvalue weighted by molar-refractivity contribution is 5.75. The van der Waals surface area contributed by atoms with Crippen molar-refractivity contribution in [3.8, 4) is 0 Å². The molecule has 0 aliphatic carbocycles. The number of nitrogens with zero attached hydrogens (tertiary/aromatic N) is 3. The van der Waals surface area contributed by atoms with Crippen molar-refractivity contribution >= 4 is 5.91 Å². The maximum absolute atomic E-state index is 11.2. The Hall–Kier alpha value is -1.43. The van der Waals surface area contributed by atoms with Crippen molar-refractivity contribution in [1.29, 1.82) is 0 Å². The van der Waals surface area contributed by atoms with E-state index in [0.717, 1.165) is 5.69 Å². The Balaban J connectivity index is 2.28. The lowest BCUT2D eigenvalue weighted by atomic mass is 10.1. The van der Waals surface area contributed by atoms with Gasteiger partial charge >= 0.3 is 0 Å². The second-order valence-corrected chi connectivity index (χ2v) is 5.21. The van der Waals surface area contributed by atoms with Crippen LogP contribution in [-0.4, -0.2) is 34.0 Å². The van der Waals surface area contributed by atoms with Gasteiger partial charge in [0.2, 0.25) is 5.91 Å². The predicted molar refractivity (Wildman–Crippen MR) is 70.0 cm³/mol. The first kappa shape index (κ1) is 14.6. The van der Waals surface area contributed by atoms with E-state index in [-0.39, 0.29) is 11.4 Å². The van der Waals surface area contributed by atoms with Crippen LogP contribution in [0.25, 0.3) is 0 Å². The zero-order chi connectivity index (χ0) is 13.6. The van der Waals surface area contributed by atoms with E-state index < -0.39 is 0 Å². The van der Waals surface area contributed by atoms with E-state index in [1.807, 2.05) is 17.8 Å². The third-order valence-electron chi connectivity index (χ3n) is 2.44. The third-order valence-corrected chi connectivity index (χ3v) is 2.44. The van der Waals surface area contributed by atoms with Crippen LogP contribution in [-0.2, 0) is 16.9 Å². The minimum atomic E-state index is -0.0493. The molecule has 0 aliphatic rings. The number of carbonyl (C=O) groups is 1. The molecule has 0 saturated heterocycles. The summed E-state index contributed by atoms with van der Waals surface area (Å²) < 4.78 is 1.84. The molecule has 1 aromatic heterocycles. The molecule has 1 rings (SSSR count). The molecule has 0 saturated carbocycles. The van der Waals surface area contributed by atoms with Crippen LogP contribution < -0.4 is 10.6 Å². The van der Waals surface area contributed by atoms with Crippen molar-refractivity contribution < 1.29 is 4.79 Å². The topological polar surface area (TPSA) is 71.8 Å². The van der Waals surface area contributed by atoms with Crippen molar-refractivity contribution in [2.24, 2.45) is 0 Å². The molecular weight excluding hydrogens is 230 g/mol. The van der Waals surface area contributed by atoms with Crippen LogP contribution in [0, 0.1) is 0 Å². The van der Waals surface area contributed by atoms with Crippen molar-refractivity contribution in [3.05, 3.63) is 11.9 Å². The van der Waals surface area contributed by atoms with Gasteiger partial charge in [0.05, 0.1) is 17.4 Å². The van der Waals surface area contributed by atoms with Gasteiger partial charge in [-0.25, -0.2) is 4.68 Å². The van der Waals surface area contributed by atoms with Crippen LogP contribution in [0.3, 0.4) is 0 Å². The summed E-state index contributed by atoms with van der Waals surface area (Å²) in [7, 11) is 0. The Kier molecular flexibility index (Phi) is 5.27. The van der Waals surface area contributed by atoms with E-state index in [9.17, 15) is 4.79 Å². The fourth-order valence-electron chi connectivity index (χ4n) is 1.41. The smallest absolute Gasteiger partial charge is 0.221 e. The molecule has 6 nitrogen and oxygen atoms in total. The lowest BCUT2D eigenvalue weighted by Gasteiger charge is -2.17. The molecule has 0 bridgehead atoms. The Morgan fingerprint density at radius 1 is 1.44 bits per heavy atom. The number of hydrogen-bond donors (Lipinski definition) is 2. The molecule has 2 N–H and O–H groups in total. The van der Waals surface area contributed by atoms with Crippen molar-refractivity contribution in [1.82, 2.24) is 25.6 Å². The second kappa shape index (κ2) is 6.49. The Bertz CT molecular complexity index is 380. The molecule has 0 fully saturated rings. The van der Waals surface area contributed by atoms with E-state index in [1.165, 1.54) is 0 Å². The van der Waals surface area contributed by atoms with Crippen LogP contribution in [0.15, 0.2) is 6.20 Å². The van der Waals surface area contributed by atoms with Gasteiger partial charge in [0.1, 0.15) is 0 Å². The zero-order valence-corrected chi connectivity index (χ0v) is 11.7. The van der Waals surface area contributed by atoms with Gasteiger partial charge in [0, 0.05) is 26.1 Å². The van der Waals surface area contributed by atoms with Crippen molar-refractivity contribution in [3.63, 3.8) is 0 Å². The Morgan fingerprint density at radius 3 is 2.72 bits per heavy atom. The number of hydrogen-bond acceptors (Lipinski definition) is 4. The molecule has 18 heavy (non-hydrogen) atoms. The molecular formula is C12H23N5O. The highest BCUT2D eigenvalue weighted by Crippen LogP contribution is 2.11. The zero-order valence-electron chi connectivity index (χ0n) is 11.7. The van der Waals surface area contributed by atoms with E-state index in [0.29, 0.717) is 26.1 Å². The van der Waals surface area contributed by atoms with Crippen molar-refractivity contribution in [2.45, 2.75) is 46.2 Å². The molecule has 1 heterocycles. The highest BCUT2D eigenvalue weighted by Gasteiger charge is 2.14. The quantitative estimate of drug-likeness (QED) is 0.730. The van der Waals surface area contributed by atoms with Crippen LogP contribution in [0.4, 0.5) is 0 Å². The first-order valence-electron chi connectivity index (χ1n) is 6.32. The van der Waals surface area contributed by atoms with Gasteiger partial charge in [0.15, 0.2) is 0 Å². The van der Waals surface area contributed by atoms with Crippen LogP contribution in [0.5, 0.6) is 0 Å². The monoisotopic (exact) mass is 253 g/mol. The number of aromatic nitrogens is 3. The summed E-state index contributed by atoms with van der Waals surface area (Å²) in [5.41, 5.74) is 0.840. The standard InChI is InChI=1S/C12H23N5O/c1-5-14-11(18)6-7-13-8-10-9-17(16-15-10)12(2,3)4/h9,13H,5-8H2,1-4H3,(H,14,18). The second-order valence-electron chi connectivity index (χ2n) is 5.21. The Morgan fingerprint density at radius 2 is 2.17 bits per heavy atom. The van der Waals surface area contributed by atoms with Crippen LogP contribution in [0.1, 0.15) is 39.8 Å². The molecule has 102 valence electrons. The van der Waals surface area contributed by atoms with Gasteiger partial charge in [-0.3, -0.25) is 4.79 Å². The number of nitrogens with one attached hydrogen (secondary N) is 2. The summed E-state index contributed by atoms with van der Waals surface area (Å²) >= 11 is 0. The molecule has 0 aliphatic heterocycles. The van der Waals surface area contributed by atoms with E-state index in [2.05, 4.69) is 41.7 Å². The SMILES string of the molecule is CCNC(=O)CCNCc1cn(C(C)(C)C)nn1. The largest absolute Gasteiger partial charge is 0.356 e. The molecule has 0 aromatic carbocycles. The summed E-state index contributed by atoms with van der Waals surface area (Å²) in [5.74, 6) is 0.0725. The molecule has 1 amide bonds. The van der Waals surface area contributed by atoms with Gasteiger partial charge in [-0.15, -0.1) is 5.10 Å². The van der Waals surface area contributed by atoms with Gasteiger partial charge in [-0.2, -0.15) is 0 Å². The fraction of sp³-hybridized carbons (Fsp3) is 0.750. The molecule has 0 radical (unpaired) electrons. The Labute approximate surface area is 108 Å². The van der Waals surface area contributed by atoms with E-state index in [1.54, 1.807) is 0 Å². The van der Waals surface area contributed by atoms with Crippen LogP contribution in [0.2, 0.25) is 0 Å². The summed E-state index contributed by atoms with van der Waals surface area (Å²) in [6, 6.07) is 0. The van der Waals surface area contributed by atoms with Gasteiger partial charge < -0.3 is 10.6 Å². The van der Waals surface area contributed by atoms with Gasteiger partial charge in [-0.05, 0) is 27.7 Å². The van der Waals surface area contributed by atoms with E-state index in [4.69, 9.17) is 0 Å². The summed E-state index contributed by atoms with van der Waals surface area (Å²) in [4.78, 5) is 11.2. The number of carbonyl (C=O) groups excluding carboxylic acids is 1. The predicted octanol–water partition coefficient (Wildman–Crippen LogP) is 0.649. The molecule has 0 spiro atoms. The maximum atomic E-state index is 11.2. The van der Waals surface area contributed by atoms with Gasteiger partial charge in [-0.1, -0.05) is 5.21 Å². The van der Waals surface area contributed by atoms with Crippen molar-refractivity contribution in [2.75, 3.05) is 13.1 Å². The molecule has 6 heteroatoms. The number of amides is 1. The van der Waals surface area contributed by atoms with E-state index >= 15 is 0 Å². The lowest BCUT2D eigenvalue weighted by Crippen LogP contribution is -2.27. The minimum absolute atomic E-state index is 0.0493. The highest BCUT2D eigenvalue weighted by atomic mass is 16.1. The molecule has 1 aromatic rings. The average Bonchev–Trinajstić information content (AvgIpc) is 2.73. The first-order chi connectivity index (χ1) is 8.43. The normalized spacial score (nSPS) is 11.6. The van der Waals surface area contributed by atoms with Crippen LogP contribution >= 0.6 is 0 Å². The third kappa shape index (κ3) is 4.83. The molecule has 0 atom stereocenters. The minimum Gasteiger partial charge on any atom is -0.356 e. The van der Waals surface area contributed by atoms with Gasteiger partial charge in [0.25, 0.3) is 0 Å². The molecule has 0 unspecified atom stereocenters. The average molecular weight is 253 g/mol. The maximum Gasteiger partial charge on any atom is 0.221 e. The summed E-state index contributed by atoms with van der Waals surface area (Å²) in [6.07, 6.45) is 2.42. The lowest BCUT2D eigenvalue weighted by molar-refractivity contribution is -0.120. The fourth-order valence-corrected chi connectivity index (χ4v) is 1.41. The summed E-state index contributed by atoms with van der Waals surface area (Å²) in [5, 5.41) is 14.1.